The van der Waals surface area contributed by atoms with Crippen LogP contribution in [0, 0.1) is 0 Å². The normalized spacial score (nSPS) is 19.6. The van der Waals surface area contributed by atoms with Gasteiger partial charge < -0.3 is 20.3 Å². The average molecular weight is 270 g/mol. The molecule has 0 aromatic carbocycles. The quantitative estimate of drug-likeness (QED) is 0.411. The Morgan fingerprint density at radius 2 is 2.26 bits per heavy atom. The Kier molecular flexibility index (Phi) is 7.25. The summed E-state index contributed by atoms with van der Waals surface area (Å²) in [6, 6.07) is 0.288. The van der Waals surface area contributed by atoms with E-state index in [2.05, 4.69) is 15.6 Å². The van der Waals surface area contributed by atoms with Gasteiger partial charge in [-0.25, -0.2) is 0 Å². The SMILES string of the molecule is CCNC(=NCCOC)NC1CCN(C(=O)CC)C1. The highest BCUT2D eigenvalue weighted by Crippen LogP contribution is 2.10. The molecule has 1 fully saturated rings. The van der Waals surface area contributed by atoms with E-state index in [0.717, 1.165) is 32.0 Å². The number of hydrogen-bond donors (Lipinski definition) is 2. The highest BCUT2D eigenvalue weighted by atomic mass is 16.5. The molecule has 0 saturated carbocycles. The number of methoxy groups -OCH3 is 1. The number of guanidine groups is 1. The number of aliphatic imine (C=N–C) groups is 1. The van der Waals surface area contributed by atoms with E-state index in [-0.39, 0.29) is 11.9 Å². The summed E-state index contributed by atoms with van der Waals surface area (Å²) in [5, 5.41) is 6.58. The number of amides is 1. The maximum atomic E-state index is 11.6. The molecule has 0 bridgehead atoms. The molecule has 2 N–H and O–H groups in total. The van der Waals surface area contributed by atoms with E-state index in [4.69, 9.17) is 4.74 Å². The number of carbonyl (C=O) groups is 1. The van der Waals surface area contributed by atoms with E-state index in [1.165, 1.54) is 0 Å². The molecule has 0 aliphatic carbocycles. The maximum Gasteiger partial charge on any atom is 0.222 e. The van der Waals surface area contributed by atoms with Crippen LogP contribution >= 0.6 is 0 Å². The molecule has 1 aliphatic heterocycles. The van der Waals surface area contributed by atoms with Crippen LogP contribution in [0.25, 0.3) is 0 Å². The lowest BCUT2D eigenvalue weighted by molar-refractivity contribution is -0.129. The van der Waals surface area contributed by atoms with Crippen molar-refractivity contribution in [3.05, 3.63) is 0 Å². The smallest absolute Gasteiger partial charge is 0.222 e. The predicted molar refractivity (Wildman–Crippen MR) is 76.3 cm³/mol. The standard InChI is InChI=1S/C13H26N4O2/c1-4-12(18)17-8-6-11(10-17)16-13(14-5-2)15-7-9-19-3/h11H,4-10H2,1-3H3,(H2,14,15,16). The van der Waals surface area contributed by atoms with E-state index in [0.29, 0.717) is 19.6 Å². The summed E-state index contributed by atoms with van der Waals surface area (Å²) >= 11 is 0. The van der Waals surface area contributed by atoms with Crippen molar-refractivity contribution in [3.8, 4) is 0 Å². The minimum absolute atomic E-state index is 0.227. The zero-order valence-corrected chi connectivity index (χ0v) is 12.2. The van der Waals surface area contributed by atoms with E-state index in [1.807, 2.05) is 18.7 Å². The molecule has 6 nitrogen and oxygen atoms in total. The lowest BCUT2D eigenvalue weighted by Gasteiger charge is -2.18. The Morgan fingerprint density at radius 1 is 1.47 bits per heavy atom. The van der Waals surface area contributed by atoms with Crippen LogP contribution < -0.4 is 10.6 Å². The van der Waals surface area contributed by atoms with Crippen molar-refractivity contribution in [3.63, 3.8) is 0 Å². The van der Waals surface area contributed by atoms with E-state index in [1.54, 1.807) is 7.11 Å². The molecule has 6 heteroatoms. The van der Waals surface area contributed by atoms with E-state index in [9.17, 15) is 4.79 Å². The van der Waals surface area contributed by atoms with Crippen LogP contribution in [0.1, 0.15) is 26.7 Å². The lowest BCUT2D eigenvalue weighted by atomic mass is 10.3. The first kappa shape index (κ1) is 15.8. The second-order valence-electron chi connectivity index (χ2n) is 4.58. The third-order valence-electron chi connectivity index (χ3n) is 3.09. The molecule has 19 heavy (non-hydrogen) atoms. The summed E-state index contributed by atoms with van der Waals surface area (Å²) in [6.45, 7) is 7.61. The molecule has 0 spiro atoms. The van der Waals surface area contributed by atoms with Gasteiger partial charge in [-0.1, -0.05) is 6.92 Å². The Labute approximate surface area is 115 Å². The van der Waals surface area contributed by atoms with Crippen molar-refractivity contribution in [2.24, 2.45) is 4.99 Å². The molecule has 1 rings (SSSR count). The predicted octanol–water partition coefficient (Wildman–Crippen LogP) is 0.199. The van der Waals surface area contributed by atoms with Crippen molar-refractivity contribution in [2.75, 3.05) is 39.9 Å². The number of likely N-dealkylation sites (tertiary alicyclic amines) is 1. The third-order valence-corrected chi connectivity index (χ3v) is 3.09. The third kappa shape index (κ3) is 5.46. The first-order valence-electron chi connectivity index (χ1n) is 7.02. The highest BCUT2D eigenvalue weighted by Gasteiger charge is 2.25. The molecule has 1 atom stereocenters. The van der Waals surface area contributed by atoms with Crippen LogP contribution in [0.5, 0.6) is 0 Å². The molecule has 1 saturated heterocycles. The van der Waals surface area contributed by atoms with Crippen LogP contribution in [0.4, 0.5) is 0 Å². The second-order valence-corrected chi connectivity index (χ2v) is 4.58. The lowest BCUT2D eigenvalue weighted by Crippen LogP contribution is -2.45. The fraction of sp³-hybridized carbons (Fsp3) is 0.846. The summed E-state index contributed by atoms with van der Waals surface area (Å²) in [6.07, 6.45) is 1.55. The number of nitrogens with zero attached hydrogens (tertiary/aromatic N) is 2. The summed E-state index contributed by atoms with van der Waals surface area (Å²) in [5.74, 6) is 1.03. The van der Waals surface area contributed by atoms with Gasteiger partial charge in [0, 0.05) is 39.2 Å². The van der Waals surface area contributed by atoms with Gasteiger partial charge >= 0.3 is 0 Å². The Morgan fingerprint density at radius 3 is 2.89 bits per heavy atom. The van der Waals surface area contributed by atoms with E-state index >= 15 is 0 Å². The molecular formula is C13H26N4O2. The van der Waals surface area contributed by atoms with Crippen molar-refractivity contribution in [2.45, 2.75) is 32.7 Å². The summed E-state index contributed by atoms with van der Waals surface area (Å²) in [7, 11) is 1.67. The molecule has 0 aromatic rings. The van der Waals surface area contributed by atoms with Crippen LogP contribution in [0.15, 0.2) is 4.99 Å². The van der Waals surface area contributed by atoms with Gasteiger partial charge in [-0.05, 0) is 13.3 Å². The van der Waals surface area contributed by atoms with Crippen LogP contribution in [-0.4, -0.2) is 62.7 Å². The Balaban J connectivity index is 2.42. The zero-order valence-electron chi connectivity index (χ0n) is 12.2. The molecule has 110 valence electrons. The molecule has 1 heterocycles. The molecule has 1 amide bonds. The fourth-order valence-electron chi connectivity index (χ4n) is 2.09. The minimum atomic E-state index is 0.227. The van der Waals surface area contributed by atoms with Gasteiger partial charge in [0.25, 0.3) is 0 Å². The van der Waals surface area contributed by atoms with Crippen LogP contribution in [-0.2, 0) is 9.53 Å². The van der Waals surface area contributed by atoms with E-state index < -0.39 is 0 Å². The Hall–Kier alpha value is -1.30. The fourth-order valence-corrected chi connectivity index (χ4v) is 2.09. The summed E-state index contributed by atoms with van der Waals surface area (Å²) in [5.41, 5.74) is 0. The van der Waals surface area contributed by atoms with Gasteiger partial charge in [0.05, 0.1) is 13.2 Å². The van der Waals surface area contributed by atoms with Gasteiger partial charge in [-0.2, -0.15) is 0 Å². The molecule has 1 unspecified atom stereocenters. The first-order valence-corrected chi connectivity index (χ1v) is 7.02. The maximum absolute atomic E-state index is 11.6. The number of hydrogen-bond acceptors (Lipinski definition) is 3. The van der Waals surface area contributed by atoms with Gasteiger partial charge in [-0.3, -0.25) is 9.79 Å². The monoisotopic (exact) mass is 270 g/mol. The van der Waals surface area contributed by atoms with Gasteiger partial charge in [0.15, 0.2) is 5.96 Å². The van der Waals surface area contributed by atoms with Gasteiger partial charge in [0.1, 0.15) is 0 Å². The molecule has 1 aliphatic rings. The Bertz CT molecular complexity index is 307. The summed E-state index contributed by atoms with van der Waals surface area (Å²) in [4.78, 5) is 18.0. The second kappa shape index (κ2) is 8.74. The van der Waals surface area contributed by atoms with Gasteiger partial charge in [-0.15, -0.1) is 0 Å². The van der Waals surface area contributed by atoms with Crippen molar-refractivity contribution < 1.29 is 9.53 Å². The average Bonchev–Trinajstić information content (AvgIpc) is 2.87. The highest BCUT2D eigenvalue weighted by molar-refractivity contribution is 5.80. The number of nitrogens with one attached hydrogen (secondary N) is 2. The minimum Gasteiger partial charge on any atom is -0.383 e. The number of carbonyl (C=O) groups excluding carboxylic acids is 1. The van der Waals surface area contributed by atoms with Crippen molar-refractivity contribution in [1.29, 1.82) is 0 Å². The topological polar surface area (TPSA) is 66.0 Å². The molecular weight excluding hydrogens is 244 g/mol. The largest absolute Gasteiger partial charge is 0.383 e. The molecule has 0 radical (unpaired) electrons. The van der Waals surface area contributed by atoms with Crippen LogP contribution in [0.2, 0.25) is 0 Å². The number of ether oxygens (including phenoxy) is 1. The van der Waals surface area contributed by atoms with Crippen LogP contribution in [0.3, 0.4) is 0 Å². The van der Waals surface area contributed by atoms with Crippen molar-refractivity contribution >= 4 is 11.9 Å². The summed E-state index contributed by atoms with van der Waals surface area (Å²) < 4.78 is 4.99. The zero-order chi connectivity index (χ0) is 14.1. The number of rotatable bonds is 6. The van der Waals surface area contributed by atoms with Crippen molar-refractivity contribution in [1.82, 2.24) is 15.5 Å². The van der Waals surface area contributed by atoms with Gasteiger partial charge in [0.2, 0.25) is 5.91 Å². The molecule has 0 aromatic heterocycles. The first-order chi connectivity index (χ1) is 9.21.